The van der Waals surface area contributed by atoms with E-state index in [9.17, 15) is 23.9 Å². The fraction of sp³-hybridized carbons (Fsp3) is 0.333. The number of benzene rings is 1. The second-order valence-electron chi connectivity index (χ2n) is 5.98. The number of thioether (sulfide) groups is 1. The molecule has 2 atom stereocenters. The summed E-state index contributed by atoms with van der Waals surface area (Å²) in [5.74, 6) is -0.475. The number of hydrogen-bond donors (Lipinski definition) is 4. The molecule has 5 N–H and O–H groups in total. The number of para-hydroxylation sites is 1. The number of hydrogen-bond acceptors (Lipinski definition) is 5. The number of β-lactam (4-membered cyclic amide) rings is 1. The molecule has 1 fully saturated rings. The lowest BCUT2D eigenvalue weighted by Gasteiger charge is -2.50. The third-order valence-electron chi connectivity index (χ3n) is 4.12. The van der Waals surface area contributed by atoms with Gasteiger partial charge >= 0.3 is 7.60 Å². The maximum atomic E-state index is 12.3. The van der Waals surface area contributed by atoms with E-state index in [-0.39, 0.29) is 17.8 Å². The number of carbonyl (C=O) groups is 2. The number of nitrogens with one attached hydrogen (secondary N) is 1. The fourth-order valence-electron chi connectivity index (χ4n) is 2.96. The molecule has 0 radical (unpaired) electrons. The number of nitrogens with zero attached hydrogens (tertiary/aromatic N) is 1. The Kier molecular flexibility index (Phi) is 4.68. The van der Waals surface area contributed by atoms with Gasteiger partial charge in [-0.2, -0.15) is 0 Å². The van der Waals surface area contributed by atoms with Crippen LogP contribution in [0.4, 0.5) is 5.69 Å². The van der Waals surface area contributed by atoms with E-state index in [0.29, 0.717) is 22.6 Å². The predicted molar refractivity (Wildman–Crippen MR) is 94.3 cm³/mol. The van der Waals surface area contributed by atoms with Gasteiger partial charge in [-0.25, -0.2) is 0 Å². The second-order valence-corrected chi connectivity index (χ2v) is 8.60. The average Bonchev–Trinajstić information content (AvgIpc) is 2.53. The minimum absolute atomic E-state index is 0.0358. The highest BCUT2D eigenvalue weighted by Gasteiger charge is 2.55. The van der Waals surface area contributed by atoms with Crippen LogP contribution in [0.2, 0.25) is 0 Å². The zero-order valence-corrected chi connectivity index (χ0v) is 15.1. The molecule has 2 amide bonds. The van der Waals surface area contributed by atoms with Crippen LogP contribution in [0.15, 0.2) is 35.3 Å². The van der Waals surface area contributed by atoms with E-state index in [1.54, 1.807) is 31.2 Å². The molecule has 2 heterocycles. The SMILES string of the molecule is CC1=C(P(=O)(O)O)N2C(=O)[C@@H](NC(=O)Cc3ccccc3N)[C@H]2SC1. The van der Waals surface area contributed by atoms with Gasteiger partial charge in [0, 0.05) is 11.4 Å². The van der Waals surface area contributed by atoms with Crippen molar-refractivity contribution in [1.82, 2.24) is 10.2 Å². The van der Waals surface area contributed by atoms with Crippen LogP contribution in [-0.2, 0) is 20.6 Å². The summed E-state index contributed by atoms with van der Waals surface area (Å²) in [4.78, 5) is 44.7. The van der Waals surface area contributed by atoms with E-state index in [1.807, 2.05) is 0 Å². The van der Waals surface area contributed by atoms with Crippen LogP contribution in [0.5, 0.6) is 0 Å². The van der Waals surface area contributed by atoms with Gasteiger partial charge in [-0.3, -0.25) is 19.1 Å². The van der Waals surface area contributed by atoms with Crippen molar-refractivity contribution in [3.05, 3.63) is 40.8 Å². The Morgan fingerprint density at radius 2 is 2.12 bits per heavy atom. The topological polar surface area (TPSA) is 133 Å². The monoisotopic (exact) mass is 383 g/mol. The van der Waals surface area contributed by atoms with Gasteiger partial charge in [0.2, 0.25) is 5.91 Å². The Bertz CT molecular complexity index is 821. The number of amides is 2. The van der Waals surface area contributed by atoms with Crippen molar-refractivity contribution in [2.45, 2.75) is 24.8 Å². The van der Waals surface area contributed by atoms with Gasteiger partial charge in [0.15, 0.2) is 0 Å². The summed E-state index contributed by atoms with van der Waals surface area (Å²) in [5, 5.41) is 2.14. The number of nitrogen functional groups attached to an aromatic ring is 1. The van der Waals surface area contributed by atoms with E-state index in [2.05, 4.69) is 5.32 Å². The molecule has 8 nitrogen and oxygen atoms in total. The average molecular weight is 383 g/mol. The Morgan fingerprint density at radius 1 is 1.44 bits per heavy atom. The molecule has 1 aromatic rings. The molecule has 0 aliphatic carbocycles. The van der Waals surface area contributed by atoms with Gasteiger partial charge in [-0.15, -0.1) is 11.8 Å². The Hall–Kier alpha value is -1.80. The molecule has 134 valence electrons. The van der Waals surface area contributed by atoms with Crippen LogP contribution < -0.4 is 11.1 Å². The van der Waals surface area contributed by atoms with Crippen LogP contribution in [-0.4, -0.2) is 43.7 Å². The summed E-state index contributed by atoms with van der Waals surface area (Å²) in [6.45, 7) is 1.59. The van der Waals surface area contributed by atoms with E-state index in [1.165, 1.54) is 11.8 Å². The van der Waals surface area contributed by atoms with Gasteiger partial charge in [0.25, 0.3) is 5.91 Å². The first-order chi connectivity index (χ1) is 11.7. The van der Waals surface area contributed by atoms with Gasteiger partial charge in [0.1, 0.15) is 16.9 Å². The molecule has 2 aliphatic rings. The predicted octanol–water partition coefficient (Wildman–Crippen LogP) is 0.620. The van der Waals surface area contributed by atoms with Crippen molar-refractivity contribution >= 4 is 36.9 Å². The van der Waals surface area contributed by atoms with Crippen LogP contribution in [0.1, 0.15) is 12.5 Å². The van der Waals surface area contributed by atoms with Gasteiger partial charge in [0.05, 0.1) is 6.42 Å². The van der Waals surface area contributed by atoms with Crippen molar-refractivity contribution in [1.29, 1.82) is 0 Å². The largest absolute Gasteiger partial charge is 0.398 e. The zero-order valence-electron chi connectivity index (χ0n) is 13.4. The third-order valence-corrected chi connectivity index (χ3v) is 6.70. The molecule has 0 unspecified atom stereocenters. The lowest BCUT2D eigenvalue weighted by molar-refractivity contribution is -0.145. The molecule has 0 bridgehead atoms. The summed E-state index contributed by atoms with van der Waals surface area (Å²) in [7, 11) is -4.56. The Morgan fingerprint density at radius 3 is 2.76 bits per heavy atom. The number of rotatable bonds is 4. The van der Waals surface area contributed by atoms with Gasteiger partial charge in [-0.1, -0.05) is 18.2 Å². The molecule has 25 heavy (non-hydrogen) atoms. The van der Waals surface area contributed by atoms with Crippen molar-refractivity contribution in [3.63, 3.8) is 0 Å². The quantitative estimate of drug-likeness (QED) is 0.340. The number of nitrogens with two attached hydrogens (primary N) is 1. The maximum Gasteiger partial charge on any atom is 0.372 e. The number of fused-ring (bicyclic) bond motifs is 1. The van der Waals surface area contributed by atoms with Crippen molar-refractivity contribution in [3.8, 4) is 0 Å². The highest BCUT2D eigenvalue weighted by Crippen LogP contribution is 2.55. The molecule has 0 spiro atoms. The molecule has 0 aromatic heterocycles. The highest BCUT2D eigenvalue weighted by atomic mass is 32.2. The molecule has 1 saturated heterocycles. The van der Waals surface area contributed by atoms with Crippen LogP contribution in [0.3, 0.4) is 0 Å². The fourth-order valence-corrected chi connectivity index (χ4v) is 5.51. The minimum atomic E-state index is -4.56. The van der Waals surface area contributed by atoms with E-state index < -0.39 is 24.9 Å². The van der Waals surface area contributed by atoms with Gasteiger partial charge in [-0.05, 0) is 24.1 Å². The van der Waals surface area contributed by atoms with Gasteiger partial charge < -0.3 is 20.8 Å². The van der Waals surface area contributed by atoms with E-state index >= 15 is 0 Å². The molecule has 3 rings (SSSR count). The molecule has 1 aromatic carbocycles. The lowest BCUT2D eigenvalue weighted by Crippen LogP contribution is -2.69. The molecular weight excluding hydrogens is 365 g/mol. The summed E-state index contributed by atoms with van der Waals surface area (Å²) in [6, 6.07) is 6.16. The number of anilines is 1. The third kappa shape index (κ3) is 3.32. The van der Waals surface area contributed by atoms with Crippen molar-refractivity contribution < 1.29 is 23.9 Å². The summed E-state index contributed by atoms with van der Waals surface area (Å²) in [6.07, 6.45) is 0.0358. The summed E-state index contributed by atoms with van der Waals surface area (Å²) < 4.78 is 11.7. The van der Waals surface area contributed by atoms with E-state index in [0.717, 1.165) is 4.90 Å². The lowest BCUT2D eigenvalue weighted by atomic mass is 10.1. The first-order valence-electron chi connectivity index (χ1n) is 7.53. The standard InChI is InChI=1S/C15H18N3O5PS/c1-8-7-25-15-12(13(20)18(15)14(8)24(21,22)23)17-11(19)6-9-4-2-3-5-10(9)16/h2-5,12,15H,6-7,16H2,1H3,(H,17,19)(H2,21,22,23)/t12-,15-/m1/s1. The molecule has 2 aliphatic heterocycles. The normalized spacial score (nSPS) is 23.2. The van der Waals surface area contributed by atoms with Crippen LogP contribution in [0, 0.1) is 0 Å². The highest BCUT2D eigenvalue weighted by molar-refractivity contribution is 8.00. The number of carbonyl (C=O) groups excluding carboxylic acids is 2. The van der Waals surface area contributed by atoms with Crippen molar-refractivity contribution in [2.24, 2.45) is 0 Å². The zero-order chi connectivity index (χ0) is 18.4. The summed E-state index contributed by atoms with van der Waals surface area (Å²) >= 11 is 1.37. The minimum Gasteiger partial charge on any atom is -0.398 e. The molecule has 0 saturated carbocycles. The first kappa shape index (κ1) is 18.0. The second kappa shape index (κ2) is 6.49. The first-order valence-corrected chi connectivity index (χ1v) is 10.2. The molecule has 10 heteroatoms. The smallest absolute Gasteiger partial charge is 0.372 e. The van der Waals surface area contributed by atoms with E-state index in [4.69, 9.17) is 5.73 Å². The van der Waals surface area contributed by atoms with Crippen molar-refractivity contribution in [2.75, 3.05) is 11.5 Å². The summed E-state index contributed by atoms with van der Waals surface area (Å²) in [5.41, 5.74) is 7.20. The maximum absolute atomic E-state index is 12.3. The van der Waals surface area contributed by atoms with Crippen LogP contribution >= 0.6 is 19.4 Å². The Balaban J connectivity index is 1.71. The van der Waals surface area contributed by atoms with Crippen LogP contribution in [0.25, 0.3) is 0 Å². The Labute approximate surface area is 148 Å². The molecular formula is C15H18N3O5PS.